The Morgan fingerprint density at radius 3 is 2.64 bits per heavy atom. The van der Waals surface area contributed by atoms with Crippen LogP contribution in [0.15, 0.2) is 53.6 Å². The van der Waals surface area contributed by atoms with Crippen molar-refractivity contribution >= 4 is 16.7 Å². The molecule has 2 aromatic heterocycles. The fraction of sp³-hybridized carbons (Fsp3) is 0.263. The molecule has 128 valence electrons. The van der Waals surface area contributed by atoms with Gasteiger partial charge in [0.15, 0.2) is 5.69 Å². The standard InChI is InChI=1S/C19H20N4O2/c1-3-11-23-19(25)16-9-5-4-8-15(16)17(22-23)18(24)21-13(2)14-7-6-10-20-12-14/h4-10,12-13H,3,11H2,1-2H3,(H,21,24). The van der Waals surface area contributed by atoms with Gasteiger partial charge < -0.3 is 5.32 Å². The first-order valence-corrected chi connectivity index (χ1v) is 8.32. The molecule has 1 unspecified atom stereocenters. The van der Waals surface area contributed by atoms with Crippen molar-refractivity contribution in [2.24, 2.45) is 0 Å². The number of nitrogens with one attached hydrogen (secondary N) is 1. The molecule has 1 aromatic carbocycles. The molecule has 0 aliphatic heterocycles. The van der Waals surface area contributed by atoms with Gasteiger partial charge in [0.25, 0.3) is 11.5 Å². The average Bonchev–Trinajstić information content (AvgIpc) is 2.65. The van der Waals surface area contributed by atoms with E-state index in [0.29, 0.717) is 17.3 Å². The highest BCUT2D eigenvalue weighted by molar-refractivity contribution is 6.04. The first-order valence-electron chi connectivity index (χ1n) is 8.32. The van der Waals surface area contributed by atoms with Gasteiger partial charge in [-0.15, -0.1) is 0 Å². The Morgan fingerprint density at radius 2 is 1.96 bits per heavy atom. The number of rotatable bonds is 5. The van der Waals surface area contributed by atoms with Crippen LogP contribution in [-0.2, 0) is 6.54 Å². The molecule has 3 rings (SSSR count). The van der Waals surface area contributed by atoms with Crippen molar-refractivity contribution in [1.29, 1.82) is 0 Å². The molecule has 0 radical (unpaired) electrons. The average molecular weight is 336 g/mol. The molecule has 2 heterocycles. The topological polar surface area (TPSA) is 76.9 Å². The number of pyridine rings is 1. The summed E-state index contributed by atoms with van der Waals surface area (Å²) in [4.78, 5) is 29.4. The van der Waals surface area contributed by atoms with Crippen LogP contribution in [-0.4, -0.2) is 20.7 Å². The fourth-order valence-electron chi connectivity index (χ4n) is 2.75. The lowest BCUT2D eigenvalue weighted by Gasteiger charge is -2.15. The zero-order valence-corrected chi connectivity index (χ0v) is 14.3. The van der Waals surface area contributed by atoms with E-state index in [1.165, 1.54) is 4.68 Å². The van der Waals surface area contributed by atoms with Gasteiger partial charge in [-0.1, -0.05) is 31.2 Å². The van der Waals surface area contributed by atoms with Crippen LogP contribution in [0.4, 0.5) is 0 Å². The van der Waals surface area contributed by atoms with Crippen molar-refractivity contribution in [2.45, 2.75) is 32.9 Å². The summed E-state index contributed by atoms with van der Waals surface area (Å²) in [6.45, 7) is 4.33. The van der Waals surface area contributed by atoms with Crippen molar-refractivity contribution in [2.75, 3.05) is 0 Å². The number of hydrogen-bond acceptors (Lipinski definition) is 4. The van der Waals surface area contributed by atoms with Gasteiger partial charge in [0.2, 0.25) is 0 Å². The van der Waals surface area contributed by atoms with E-state index in [0.717, 1.165) is 12.0 Å². The molecule has 3 aromatic rings. The van der Waals surface area contributed by atoms with Crippen LogP contribution in [0.3, 0.4) is 0 Å². The van der Waals surface area contributed by atoms with Crippen LogP contribution in [0, 0.1) is 0 Å². The van der Waals surface area contributed by atoms with Gasteiger partial charge in [0, 0.05) is 24.3 Å². The fourth-order valence-corrected chi connectivity index (χ4v) is 2.75. The summed E-state index contributed by atoms with van der Waals surface area (Å²) in [6.07, 6.45) is 4.17. The molecule has 0 bridgehead atoms. The van der Waals surface area contributed by atoms with Gasteiger partial charge in [-0.2, -0.15) is 5.10 Å². The number of benzene rings is 1. The number of hydrogen-bond donors (Lipinski definition) is 1. The van der Waals surface area contributed by atoms with E-state index < -0.39 is 0 Å². The van der Waals surface area contributed by atoms with Gasteiger partial charge >= 0.3 is 0 Å². The number of aromatic nitrogens is 3. The van der Waals surface area contributed by atoms with E-state index in [1.807, 2.05) is 26.0 Å². The second-order valence-electron chi connectivity index (χ2n) is 5.90. The molecule has 1 N–H and O–H groups in total. The SMILES string of the molecule is CCCn1nc(C(=O)NC(C)c2cccnc2)c2ccccc2c1=O. The molecule has 0 aliphatic carbocycles. The maximum atomic E-state index is 12.8. The van der Waals surface area contributed by atoms with Gasteiger partial charge in [0.05, 0.1) is 11.4 Å². The zero-order valence-electron chi connectivity index (χ0n) is 14.3. The highest BCUT2D eigenvalue weighted by Gasteiger charge is 2.18. The number of fused-ring (bicyclic) bond motifs is 1. The molecule has 0 aliphatic rings. The predicted octanol–water partition coefficient (Wildman–Crippen LogP) is 2.69. The van der Waals surface area contributed by atoms with Crippen LogP contribution in [0.2, 0.25) is 0 Å². The third kappa shape index (κ3) is 3.42. The number of nitrogens with zero attached hydrogens (tertiary/aromatic N) is 3. The molecule has 6 heteroatoms. The van der Waals surface area contributed by atoms with E-state index in [-0.39, 0.29) is 23.2 Å². The summed E-state index contributed by atoms with van der Waals surface area (Å²) in [5.74, 6) is -0.308. The van der Waals surface area contributed by atoms with Crippen LogP contribution in [0.5, 0.6) is 0 Å². The monoisotopic (exact) mass is 336 g/mol. The zero-order chi connectivity index (χ0) is 17.8. The summed E-state index contributed by atoms with van der Waals surface area (Å²) >= 11 is 0. The molecule has 0 fully saturated rings. The van der Waals surface area contributed by atoms with E-state index in [2.05, 4.69) is 15.4 Å². The normalized spacial score (nSPS) is 12.1. The third-order valence-corrected chi connectivity index (χ3v) is 4.05. The second-order valence-corrected chi connectivity index (χ2v) is 5.90. The second kappa shape index (κ2) is 7.25. The maximum absolute atomic E-state index is 12.8. The Kier molecular flexibility index (Phi) is 4.88. The van der Waals surface area contributed by atoms with Gasteiger partial charge in [-0.25, -0.2) is 4.68 Å². The Balaban J connectivity index is 2.01. The minimum Gasteiger partial charge on any atom is -0.344 e. The van der Waals surface area contributed by atoms with Crippen molar-refractivity contribution in [1.82, 2.24) is 20.1 Å². The van der Waals surface area contributed by atoms with E-state index in [9.17, 15) is 9.59 Å². The largest absolute Gasteiger partial charge is 0.344 e. The van der Waals surface area contributed by atoms with Crippen molar-refractivity contribution in [3.05, 3.63) is 70.4 Å². The molecule has 0 saturated carbocycles. The van der Waals surface area contributed by atoms with Crippen LogP contribution in [0.25, 0.3) is 10.8 Å². The van der Waals surface area contributed by atoms with E-state index in [4.69, 9.17) is 0 Å². The van der Waals surface area contributed by atoms with E-state index in [1.54, 1.807) is 36.7 Å². The summed E-state index contributed by atoms with van der Waals surface area (Å²) in [5.41, 5.74) is 0.996. The highest BCUT2D eigenvalue weighted by Crippen LogP contribution is 2.16. The van der Waals surface area contributed by atoms with Gasteiger partial charge in [-0.3, -0.25) is 14.6 Å². The van der Waals surface area contributed by atoms with Crippen molar-refractivity contribution in [3.8, 4) is 0 Å². The summed E-state index contributed by atoms with van der Waals surface area (Å²) < 4.78 is 1.37. The van der Waals surface area contributed by atoms with Crippen molar-refractivity contribution in [3.63, 3.8) is 0 Å². The lowest BCUT2D eigenvalue weighted by atomic mass is 10.1. The summed E-state index contributed by atoms with van der Waals surface area (Å²) in [7, 11) is 0. The number of carbonyl (C=O) groups is 1. The molecule has 6 nitrogen and oxygen atoms in total. The number of carbonyl (C=O) groups excluding carboxylic acids is 1. The van der Waals surface area contributed by atoms with Gasteiger partial charge in [-0.05, 0) is 31.0 Å². The lowest BCUT2D eigenvalue weighted by Crippen LogP contribution is -2.32. The summed E-state index contributed by atoms with van der Waals surface area (Å²) in [6, 6.07) is 10.6. The number of amides is 1. The van der Waals surface area contributed by atoms with Crippen molar-refractivity contribution < 1.29 is 4.79 Å². The van der Waals surface area contributed by atoms with E-state index >= 15 is 0 Å². The minimum absolute atomic E-state index is 0.172. The Hall–Kier alpha value is -3.02. The first kappa shape index (κ1) is 16.8. The Bertz CT molecular complexity index is 951. The maximum Gasteiger partial charge on any atom is 0.274 e. The summed E-state index contributed by atoms with van der Waals surface area (Å²) in [5, 5.41) is 8.32. The molecule has 0 saturated heterocycles. The Labute approximate surface area is 145 Å². The number of aryl methyl sites for hydroxylation is 1. The predicted molar refractivity (Wildman–Crippen MR) is 96.4 cm³/mol. The minimum atomic E-state index is -0.308. The van der Waals surface area contributed by atoms with Crippen LogP contribution >= 0.6 is 0 Å². The van der Waals surface area contributed by atoms with Gasteiger partial charge in [0.1, 0.15) is 0 Å². The van der Waals surface area contributed by atoms with Crippen LogP contribution in [0.1, 0.15) is 42.4 Å². The van der Waals surface area contributed by atoms with Crippen LogP contribution < -0.4 is 10.9 Å². The molecule has 1 atom stereocenters. The first-order chi connectivity index (χ1) is 12.1. The third-order valence-electron chi connectivity index (χ3n) is 4.05. The smallest absolute Gasteiger partial charge is 0.274 e. The molecular weight excluding hydrogens is 316 g/mol. The molecular formula is C19H20N4O2. The molecule has 25 heavy (non-hydrogen) atoms. The Morgan fingerprint density at radius 1 is 1.20 bits per heavy atom. The quantitative estimate of drug-likeness (QED) is 0.777. The lowest BCUT2D eigenvalue weighted by molar-refractivity contribution is 0.0934. The molecule has 0 spiro atoms. The molecule has 1 amide bonds. The highest BCUT2D eigenvalue weighted by atomic mass is 16.2.